The average Bonchev–Trinajstić information content (AvgIpc) is 2.90. The van der Waals surface area contributed by atoms with E-state index < -0.39 is 6.04 Å². The Kier molecular flexibility index (Phi) is 5.08. The molecule has 0 radical (unpaired) electrons. The Labute approximate surface area is 127 Å². The molecule has 1 fully saturated rings. The molecule has 1 aliphatic heterocycles. The Hall–Kier alpha value is -1.73. The molecular formula is C14H18N2O4S. The van der Waals surface area contributed by atoms with E-state index in [1.54, 1.807) is 24.3 Å². The summed E-state index contributed by atoms with van der Waals surface area (Å²) < 4.78 is 0. The molecule has 0 spiro atoms. The number of rotatable bonds is 4. The molecule has 0 bridgehead atoms. The number of benzene rings is 1. The molecule has 3 N–H and O–H groups in total. The summed E-state index contributed by atoms with van der Waals surface area (Å²) in [5.74, 6) is 0.0512. The molecule has 1 heterocycles. The van der Waals surface area contributed by atoms with Crippen LogP contribution in [-0.2, 0) is 9.59 Å². The fraction of sp³-hybridized carbons (Fsp3) is 0.429. The van der Waals surface area contributed by atoms with Crippen LogP contribution in [0.15, 0.2) is 24.3 Å². The largest absolute Gasteiger partial charge is 0.508 e. The summed E-state index contributed by atoms with van der Waals surface area (Å²) in [4.78, 5) is 25.5. The van der Waals surface area contributed by atoms with E-state index in [2.05, 4.69) is 5.32 Å². The predicted molar refractivity (Wildman–Crippen MR) is 79.7 cm³/mol. The minimum atomic E-state index is -0.594. The molecule has 0 aromatic heterocycles. The first kappa shape index (κ1) is 15.7. The van der Waals surface area contributed by atoms with Gasteiger partial charge in [0, 0.05) is 24.8 Å². The first-order chi connectivity index (χ1) is 10.1. The zero-order chi connectivity index (χ0) is 15.4. The van der Waals surface area contributed by atoms with E-state index in [9.17, 15) is 14.7 Å². The number of hydrogen-bond acceptors (Lipinski definition) is 5. The molecule has 1 aromatic rings. The van der Waals surface area contributed by atoms with E-state index in [0.29, 0.717) is 11.3 Å². The maximum Gasteiger partial charge on any atom is 0.243 e. The summed E-state index contributed by atoms with van der Waals surface area (Å²) >= 11 is 1.44. The number of amides is 2. The van der Waals surface area contributed by atoms with Gasteiger partial charge in [0.25, 0.3) is 0 Å². The van der Waals surface area contributed by atoms with E-state index in [1.807, 2.05) is 0 Å². The quantitative estimate of drug-likeness (QED) is 0.752. The van der Waals surface area contributed by atoms with Crippen LogP contribution in [0.25, 0.3) is 0 Å². The molecule has 6 nitrogen and oxygen atoms in total. The highest BCUT2D eigenvalue weighted by molar-refractivity contribution is 7.99. The number of aliphatic hydroxyl groups excluding tert-OH is 1. The molecule has 21 heavy (non-hydrogen) atoms. The highest BCUT2D eigenvalue weighted by atomic mass is 32.2. The van der Waals surface area contributed by atoms with Crippen molar-refractivity contribution in [2.75, 3.05) is 18.9 Å². The summed E-state index contributed by atoms with van der Waals surface area (Å²) in [5.41, 5.74) is 0.621. The summed E-state index contributed by atoms with van der Waals surface area (Å²) in [6, 6.07) is 6.21. The van der Waals surface area contributed by atoms with Gasteiger partial charge in [0.15, 0.2) is 0 Å². The maximum atomic E-state index is 12.1. The van der Waals surface area contributed by atoms with Crippen molar-refractivity contribution in [2.24, 2.45) is 0 Å². The number of nitrogens with one attached hydrogen (secondary N) is 1. The van der Waals surface area contributed by atoms with E-state index in [-0.39, 0.29) is 36.1 Å². The standard InChI is InChI=1S/C14H18N2O4S/c1-9(18)16-11(13(20)15-6-7-17)8-21-14(16)10-4-2-3-5-12(10)19/h2-5,11,14,17,19H,6-8H2,1H3,(H,15,20)/t11-,14-/m0/s1. The Balaban J connectivity index is 2.23. The first-order valence-electron chi connectivity index (χ1n) is 6.63. The number of thioether (sulfide) groups is 1. The van der Waals surface area contributed by atoms with E-state index in [4.69, 9.17) is 5.11 Å². The normalized spacial score (nSPS) is 21.3. The van der Waals surface area contributed by atoms with Crippen molar-refractivity contribution >= 4 is 23.6 Å². The summed E-state index contributed by atoms with van der Waals surface area (Å²) in [6.07, 6.45) is 0. The van der Waals surface area contributed by atoms with E-state index in [0.717, 1.165) is 0 Å². The number of nitrogens with zero attached hydrogens (tertiary/aromatic N) is 1. The molecule has 1 aromatic carbocycles. The van der Waals surface area contributed by atoms with Gasteiger partial charge in [-0.1, -0.05) is 18.2 Å². The van der Waals surface area contributed by atoms with Gasteiger partial charge < -0.3 is 20.4 Å². The van der Waals surface area contributed by atoms with Crippen molar-refractivity contribution < 1.29 is 19.8 Å². The van der Waals surface area contributed by atoms with Crippen LogP contribution < -0.4 is 5.32 Å². The van der Waals surface area contributed by atoms with Gasteiger partial charge in [0.2, 0.25) is 11.8 Å². The summed E-state index contributed by atoms with van der Waals surface area (Å²) in [6.45, 7) is 1.42. The minimum absolute atomic E-state index is 0.109. The molecule has 0 saturated carbocycles. The van der Waals surface area contributed by atoms with Crippen molar-refractivity contribution in [2.45, 2.75) is 18.3 Å². The molecule has 0 unspecified atom stereocenters. The zero-order valence-electron chi connectivity index (χ0n) is 11.7. The van der Waals surface area contributed by atoms with Crippen molar-refractivity contribution in [3.8, 4) is 5.75 Å². The minimum Gasteiger partial charge on any atom is -0.508 e. The van der Waals surface area contributed by atoms with E-state index in [1.165, 1.54) is 23.6 Å². The highest BCUT2D eigenvalue weighted by Gasteiger charge is 2.41. The number of phenolic OH excluding ortho intramolecular Hbond substituents is 1. The number of phenols is 1. The Morgan fingerprint density at radius 2 is 2.14 bits per heavy atom. The molecule has 2 amide bonds. The Morgan fingerprint density at radius 3 is 2.76 bits per heavy atom. The lowest BCUT2D eigenvalue weighted by atomic mass is 10.1. The molecule has 7 heteroatoms. The highest BCUT2D eigenvalue weighted by Crippen LogP contribution is 2.44. The topological polar surface area (TPSA) is 89.9 Å². The van der Waals surface area contributed by atoms with Crippen LogP contribution >= 0.6 is 11.8 Å². The fourth-order valence-corrected chi connectivity index (χ4v) is 3.84. The van der Waals surface area contributed by atoms with Crippen molar-refractivity contribution in [3.05, 3.63) is 29.8 Å². The van der Waals surface area contributed by atoms with Gasteiger partial charge in [-0.15, -0.1) is 11.8 Å². The van der Waals surface area contributed by atoms with Crippen LogP contribution in [0.4, 0.5) is 0 Å². The molecule has 0 aliphatic carbocycles. The lowest BCUT2D eigenvalue weighted by Gasteiger charge is -2.28. The molecular weight excluding hydrogens is 292 g/mol. The average molecular weight is 310 g/mol. The van der Waals surface area contributed by atoms with Crippen LogP contribution in [0.1, 0.15) is 17.9 Å². The maximum absolute atomic E-state index is 12.1. The van der Waals surface area contributed by atoms with Crippen LogP contribution in [-0.4, -0.2) is 51.9 Å². The van der Waals surface area contributed by atoms with Crippen LogP contribution in [0.3, 0.4) is 0 Å². The van der Waals surface area contributed by atoms with Gasteiger partial charge in [-0.3, -0.25) is 9.59 Å². The molecule has 2 rings (SSSR count). The predicted octanol–water partition coefficient (Wildman–Crippen LogP) is 0.463. The zero-order valence-corrected chi connectivity index (χ0v) is 12.5. The lowest BCUT2D eigenvalue weighted by Crippen LogP contribution is -2.47. The number of carbonyl (C=O) groups is 2. The van der Waals surface area contributed by atoms with Crippen molar-refractivity contribution in [3.63, 3.8) is 0 Å². The molecule has 1 aliphatic rings. The first-order valence-corrected chi connectivity index (χ1v) is 7.68. The number of para-hydroxylation sites is 1. The number of carbonyl (C=O) groups excluding carboxylic acids is 2. The Bertz CT molecular complexity index is 537. The molecule has 2 atom stereocenters. The summed E-state index contributed by atoms with van der Waals surface area (Å²) in [5, 5.41) is 20.9. The van der Waals surface area contributed by atoms with Crippen LogP contribution in [0, 0.1) is 0 Å². The monoisotopic (exact) mass is 310 g/mol. The summed E-state index contributed by atoms with van der Waals surface area (Å²) in [7, 11) is 0. The number of aromatic hydroxyl groups is 1. The number of hydrogen-bond donors (Lipinski definition) is 3. The second-order valence-electron chi connectivity index (χ2n) is 4.70. The van der Waals surface area contributed by atoms with Gasteiger partial charge >= 0.3 is 0 Å². The second-order valence-corrected chi connectivity index (χ2v) is 5.81. The van der Waals surface area contributed by atoms with Crippen molar-refractivity contribution in [1.82, 2.24) is 10.2 Å². The van der Waals surface area contributed by atoms with Crippen LogP contribution in [0.5, 0.6) is 5.75 Å². The third kappa shape index (κ3) is 3.30. The lowest BCUT2D eigenvalue weighted by molar-refractivity contribution is -0.138. The van der Waals surface area contributed by atoms with Gasteiger partial charge in [-0.25, -0.2) is 0 Å². The number of aliphatic hydroxyl groups is 1. The SMILES string of the molecule is CC(=O)N1[C@H](C(=O)NCCO)CS[C@H]1c1ccccc1O. The van der Waals surface area contributed by atoms with Crippen molar-refractivity contribution in [1.29, 1.82) is 0 Å². The van der Waals surface area contributed by atoms with Gasteiger partial charge in [-0.2, -0.15) is 0 Å². The van der Waals surface area contributed by atoms with Crippen LogP contribution in [0.2, 0.25) is 0 Å². The molecule has 114 valence electrons. The third-order valence-electron chi connectivity index (χ3n) is 3.28. The molecule has 1 saturated heterocycles. The third-order valence-corrected chi connectivity index (χ3v) is 4.59. The van der Waals surface area contributed by atoms with E-state index >= 15 is 0 Å². The fourth-order valence-electron chi connectivity index (χ4n) is 2.33. The van der Waals surface area contributed by atoms with Gasteiger partial charge in [0.1, 0.15) is 17.2 Å². The van der Waals surface area contributed by atoms with Gasteiger partial charge in [-0.05, 0) is 6.07 Å². The van der Waals surface area contributed by atoms with Gasteiger partial charge in [0.05, 0.1) is 6.61 Å². The second kappa shape index (κ2) is 6.82. The Morgan fingerprint density at radius 1 is 1.43 bits per heavy atom. The smallest absolute Gasteiger partial charge is 0.243 e.